The molecular weight excluding hydrogens is 303 g/mol. The molecule has 0 radical (unpaired) electrons. The SMILES string of the molecule is O=C1CC(Cl)(Cl)C(=O)N1c1ccc(OC(F)F)cc1. The minimum Gasteiger partial charge on any atom is -0.435 e. The van der Waals surface area contributed by atoms with E-state index >= 15 is 0 Å². The fraction of sp³-hybridized carbons (Fsp3) is 0.273. The molecule has 0 atom stereocenters. The van der Waals surface area contributed by atoms with E-state index in [0.29, 0.717) is 0 Å². The van der Waals surface area contributed by atoms with Gasteiger partial charge in [-0.2, -0.15) is 8.78 Å². The summed E-state index contributed by atoms with van der Waals surface area (Å²) in [6.45, 7) is -2.95. The molecule has 19 heavy (non-hydrogen) atoms. The number of amides is 2. The monoisotopic (exact) mass is 309 g/mol. The highest BCUT2D eigenvalue weighted by atomic mass is 35.5. The maximum absolute atomic E-state index is 12.0. The smallest absolute Gasteiger partial charge is 0.387 e. The average molecular weight is 310 g/mol. The van der Waals surface area contributed by atoms with Crippen molar-refractivity contribution in [2.75, 3.05) is 4.90 Å². The van der Waals surface area contributed by atoms with Crippen LogP contribution in [0.1, 0.15) is 6.42 Å². The summed E-state index contributed by atoms with van der Waals surface area (Å²) < 4.78 is 26.3. The third kappa shape index (κ3) is 2.79. The maximum atomic E-state index is 12.0. The van der Waals surface area contributed by atoms with E-state index in [1.807, 2.05) is 0 Å². The summed E-state index contributed by atoms with van der Waals surface area (Å²) in [4.78, 5) is 24.3. The summed E-state index contributed by atoms with van der Waals surface area (Å²) >= 11 is 11.4. The van der Waals surface area contributed by atoms with E-state index in [2.05, 4.69) is 4.74 Å². The molecule has 2 rings (SSSR count). The number of anilines is 1. The minimum absolute atomic E-state index is 0.0825. The van der Waals surface area contributed by atoms with E-state index in [-0.39, 0.29) is 17.9 Å². The lowest BCUT2D eigenvalue weighted by Crippen LogP contribution is -2.33. The largest absolute Gasteiger partial charge is 0.435 e. The van der Waals surface area contributed by atoms with Crippen molar-refractivity contribution in [3.63, 3.8) is 0 Å². The van der Waals surface area contributed by atoms with Crippen LogP contribution in [0.3, 0.4) is 0 Å². The predicted molar refractivity (Wildman–Crippen MR) is 64.6 cm³/mol. The van der Waals surface area contributed by atoms with Crippen LogP contribution in [-0.2, 0) is 9.59 Å². The highest BCUT2D eigenvalue weighted by Gasteiger charge is 2.50. The van der Waals surface area contributed by atoms with E-state index in [0.717, 1.165) is 4.90 Å². The van der Waals surface area contributed by atoms with Crippen LogP contribution >= 0.6 is 23.2 Å². The number of carbonyl (C=O) groups excluding carboxylic acids is 2. The molecule has 1 aromatic carbocycles. The Balaban J connectivity index is 2.23. The van der Waals surface area contributed by atoms with Crippen LogP contribution in [0.4, 0.5) is 14.5 Å². The number of rotatable bonds is 3. The lowest BCUT2D eigenvalue weighted by atomic mass is 10.3. The van der Waals surface area contributed by atoms with Gasteiger partial charge in [0.25, 0.3) is 5.91 Å². The van der Waals surface area contributed by atoms with Gasteiger partial charge in [-0.3, -0.25) is 9.59 Å². The first-order chi connectivity index (χ1) is 8.81. The second-order valence-electron chi connectivity index (χ2n) is 3.79. The molecule has 1 heterocycles. The van der Waals surface area contributed by atoms with Crippen LogP contribution in [0.25, 0.3) is 0 Å². The Bertz CT molecular complexity index is 519. The molecular formula is C11H7Cl2F2NO3. The van der Waals surface area contributed by atoms with E-state index in [1.165, 1.54) is 24.3 Å². The number of alkyl halides is 4. The number of ether oxygens (including phenoxy) is 1. The Kier molecular flexibility index (Phi) is 3.64. The molecule has 0 unspecified atom stereocenters. The van der Waals surface area contributed by atoms with Crippen molar-refractivity contribution < 1.29 is 23.1 Å². The molecule has 0 saturated carbocycles. The number of hydrogen-bond donors (Lipinski definition) is 0. The molecule has 1 aromatic rings. The molecule has 0 aliphatic carbocycles. The van der Waals surface area contributed by atoms with Crippen molar-refractivity contribution in [2.24, 2.45) is 0 Å². The zero-order valence-electron chi connectivity index (χ0n) is 9.28. The minimum atomic E-state index is -2.95. The summed E-state index contributed by atoms with van der Waals surface area (Å²) in [7, 11) is 0. The van der Waals surface area contributed by atoms with E-state index in [4.69, 9.17) is 23.2 Å². The van der Waals surface area contributed by atoms with Gasteiger partial charge >= 0.3 is 6.61 Å². The molecule has 102 valence electrons. The number of imide groups is 1. The quantitative estimate of drug-likeness (QED) is 0.637. The maximum Gasteiger partial charge on any atom is 0.387 e. The topological polar surface area (TPSA) is 46.6 Å². The molecule has 0 bridgehead atoms. The summed E-state index contributed by atoms with van der Waals surface area (Å²) in [6, 6.07) is 5.01. The predicted octanol–water partition coefficient (Wildman–Crippen LogP) is 2.73. The first-order valence-corrected chi connectivity index (χ1v) is 5.87. The molecule has 8 heteroatoms. The number of benzene rings is 1. The fourth-order valence-corrected chi connectivity index (χ4v) is 2.06. The molecule has 1 fully saturated rings. The van der Waals surface area contributed by atoms with Crippen LogP contribution in [-0.4, -0.2) is 22.8 Å². The van der Waals surface area contributed by atoms with Crippen LogP contribution in [0.2, 0.25) is 0 Å². The fourth-order valence-electron chi connectivity index (χ4n) is 1.66. The summed E-state index contributed by atoms with van der Waals surface area (Å²) in [6.07, 6.45) is -0.329. The third-order valence-electron chi connectivity index (χ3n) is 2.46. The summed E-state index contributed by atoms with van der Waals surface area (Å²) in [5.41, 5.74) is 0.194. The van der Waals surface area contributed by atoms with Crippen LogP contribution < -0.4 is 9.64 Å². The number of carbonyl (C=O) groups is 2. The van der Waals surface area contributed by atoms with Gasteiger partial charge in [-0.25, -0.2) is 4.90 Å². The standard InChI is InChI=1S/C11H7Cl2F2NO3/c12-11(13)5-8(17)16(9(11)18)6-1-3-7(4-2-6)19-10(14)15/h1-4,10H,5H2. The zero-order chi connectivity index (χ0) is 14.2. The highest BCUT2D eigenvalue weighted by molar-refractivity contribution is 6.63. The summed E-state index contributed by atoms with van der Waals surface area (Å²) in [5, 5.41) is 0. The van der Waals surface area contributed by atoms with Crippen molar-refractivity contribution >= 4 is 40.7 Å². The summed E-state index contributed by atoms with van der Waals surface area (Å²) in [5.74, 6) is -1.40. The van der Waals surface area contributed by atoms with Gasteiger partial charge in [0.1, 0.15) is 5.75 Å². The second-order valence-corrected chi connectivity index (χ2v) is 5.27. The van der Waals surface area contributed by atoms with Crippen LogP contribution in [0, 0.1) is 0 Å². The van der Waals surface area contributed by atoms with Gasteiger partial charge in [-0.1, -0.05) is 23.2 Å². The van der Waals surface area contributed by atoms with Crippen molar-refractivity contribution in [1.82, 2.24) is 0 Å². The van der Waals surface area contributed by atoms with Gasteiger partial charge in [0, 0.05) is 0 Å². The Morgan fingerprint density at radius 3 is 2.21 bits per heavy atom. The van der Waals surface area contributed by atoms with Gasteiger partial charge in [-0.05, 0) is 24.3 Å². The first-order valence-electron chi connectivity index (χ1n) is 5.11. The molecule has 1 aliphatic heterocycles. The van der Waals surface area contributed by atoms with Gasteiger partial charge in [-0.15, -0.1) is 0 Å². The van der Waals surface area contributed by atoms with Crippen LogP contribution in [0.5, 0.6) is 5.75 Å². The molecule has 0 aromatic heterocycles. The molecule has 1 saturated heterocycles. The Morgan fingerprint density at radius 1 is 1.21 bits per heavy atom. The van der Waals surface area contributed by atoms with Crippen molar-refractivity contribution in [3.8, 4) is 5.75 Å². The Labute approximate surface area is 116 Å². The van der Waals surface area contributed by atoms with Gasteiger partial charge in [0.15, 0.2) is 0 Å². The lowest BCUT2D eigenvalue weighted by molar-refractivity contribution is -0.121. The molecule has 2 amide bonds. The van der Waals surface area contributed by atoms with Gasteiger partial charge < -0.3 is 4.74 Å². The average Bonchev–Trinajstić information content (AvgIpc) is 2.49. The molecule has 0 spiro atoms. The van der Waals surface area contributed by atoms with Crippen molar-refractivity contribution in [1.29, 1.82) is 0 Å². The zero-order valence-corrected chi connectivity index (χ0v) is 10.8. The van der Waals surface area contributed by atoms with Crippen molar-refractivity contribution in [3.05, 3.63) is 24.3 Å². The van der Waals surface area contributed by atoms with Crippen LogP contribution in [0.15, 0.2) is 24.3 Å². The van der Waals surface area contributed by atoms with E-state index in [1.54, 1.807) is 0 Å². The number of nitrogens with zero attached hydrogens (tertiary/aromatic N) is 1. The first kappa shape index (κ1) is 14.0. The highest BCUT2D eigenvalue weighted by Crippen LogP contribution is 2.37. The molecule has 0 N–H and O–H groups in total. The Morgan fingerprint density at radius 2 is 1.79 bits per heavy atom. The second kappa shape index (κ2) is 4.94. The van der Waals surface area contributed by atoms with E-state index in [9.17, 15) is 18.4 Å². The molecule has 1 aliphatic rings. The molecule has 4 nitrogen and oxygen atoms in total. The van der Waals surface area contributed by atoms with Gasteiger partial charge in [0.2, 0.25) is 10.2 Å². The number of halogens is 4. The Hall–Kier alpha value is -1.40. The normalized spacial score (nSPS) is 18.3. The lowest BCUT2D eigenvalue weighted by Gasteiger charge is -2.15. The van der Waals surface area contributed by atoms with Crippen molar-refractivity contribution in [2.45, 2.75) is 17.4 Å². The van der Waals surface area contributed by atoms with E-state index < -0.39 is 22.8 Å². The number of hydrogen-bond acceptors (Lipinski definition) is 3. The van der Waals surface area contributed by atoms with Gasteiger partial charge in [0.05, 0.1) is 12.1 Å². The third-order valence-corrected chi connectivity index (χ3v) is 3.05.